The number of hydrogen-bond acceptors (Lipinski definition) is 4. The molecule has 0 amide bonds. The molecule has 2 heterocycles. The van der Waals surface area contributed by atoms with Crippen LogP contribution in [0.25, 0.3) is 5.52 Å². The molecule has 0 saturated carbocycles. The minimum atomic E-state index is -0.111. The van der Waals surface area contributed by atoms with Crippen LogP contribution in [0.1, 0.15) is 0 Å². The maximum absolute atomic E-state index is 9.14. The number of fused-ring (bicyclic) bond motifs is 1. The highest BCUT2D eigenvalue weighted by atomic mass is 16.3. The van der Waals surface area contributed by atoms with Gasteiger partial charge in [-0.2, -0.15) is 0 Å². The summed E-state index contributed by atoms with van der Waals surface area (Å²) >= 11 is 0. The van der Waals surface area contributed by atoms with Gasteiger partial charge in [-0.1, -0.05) is 0 Å². The van der Waals surface area contributed by atoms with Crippen molar-refractivity contribution < 1.29 is 5.11 Å². The predicted molar refractivity (Wildman–Crippen MR) is 39.1 cm³/mol. The second-order valence-corrected chi connectivity index (χ2v) is 2.15. The van der Waals surface area contributed by atoms with Gasteiger partial charge in [0.25, 0.3) is 6.01 Å². The van der Waals surface area contributed by atoms with E-state index in [1.54, 1.807) is 6.20 Å². The molecular formula is C6H6N4O. The predicted octanol–water partition coefficient (Wildman–Crippen LogP) is 0.0171. The number of aromatic hydroxyl groups is 1. The SMILES string of the molecule is Nc1cncc2cnc(O)n12. The summed E-state index contributed by atoms with van der Waals surface area (Å²) in [5, 5.41) is 9.14. The number of imidazole rings is 1. The Morgan fingerprint density at radius 1 is 1.36 bits per heavy atom. The lowest BCUT2D eigenvalue weighted by Gasteiger charge is -1.97. The normalized spacial score (nSPS) is 10.5. The fraction of sp³-hybridized carbons (Fsp3) is 0. The summed E-state index contributed by atoms with van der Waals surface area (Å²) < 4.78 is 1.41. The summed E-state index contributed by atoms with van der Waals surface area (Å²) in [4.78, 5) is 7.48. The lowest BCUT2D eigenvalue weighted by atomic mass is 10.5. The highest BCUT2D eigenvalue weighted by Gasteiger charge is 2.02. The molecular weight excluding hydrogens is 144 g/mol. The fourth-order valence-electron chi connectivity index (χ4n) is 0.958. The quantitative estimate of drug-likeness (QED) is 0.555. The van der Waals surface area contributed by atoms with Crippen molar-refractivity contribution in [3.63, 3.8) is 0 Å². The molecule has 0 radical (unpaired) electrons. The Hall–Kier alpha value is -1.78. The van der Waals surface area contributed by atoms with Crippen LogP contribution < -0.4 is 5.73 Å². The molecule has 0 bridgehead atoms. The van der Waals surface area contributed by atoms with Gasteiger partial charge < -0.3 is 10.8 Å². The molecule has 0 aliphatic heterocycles. The summed E-state index contributed by atoms with van der Waals surface area (Å²) in [7, 11) is 0. The van der Waals surface area contributed by atoms with Gasteiger partial charge in [0.2, 0.25) is 0 Å². The van der Waals surface area contributed by atoms with Crippen LogP contribution in [-0.2, 0) is 0 Å². The Bertz CT molecular complexity index is 394. The summed E-state index contributed by atoms with van der Waals surface area (Å²) in [6.45, 7) is 0. The molecule has 2 rings (SSSR count). The maximum Gasteiger partial charge on any atom is 0.300 e. The van der Waals surface area contributed by atoms with Crippen LogP contribution in [0, 0.1) is 0 Å². The van der Waals surface area contributed by atoms with Gasteiger partial charge in [-0.25, -0.2) is 9.38 Å². The van der Waals surface area contributed by atoms with E-state index in [0.29, 0.717) is 11.3 Å². The minimum Gasteiger partial charge on any atom is -0.480 e. The molecule has 0 aromatic carbocycles. The highest BCUT2D eigenvalue weighted by molar-refractivity contribution is 5.51. The van der Waals surface area contributed by atoms with Crippen LogP contribution in [0.5, 0.6) is 6.01 Å². The van der Waals surface area contributed by atoms with Crippen molar-refractivity contribution in [2.24, 2.45) is 0 Å². The van der Waals surface area contributed by atoms with Crippen LogP contribution in [0.3, 0.4) is 0 Å². The lowest BCUT2D eigenvalue weighted by molar-refractivity contribution is 0.429. The molecule has 0 unspecified atom stereocenters. The average molecular weight is 150 g/mol. The van der Waals surface area contributed by atoms with Gasteiger partial charge in [0.1, 0.15) is 5.82 Å². The Labute approximate surface area is 62.1 Å². The van der Waals surface area contributed by atoms with Gasteiger partial charge in [-0.05, 0) is 0 Å². The van der Waals surface area contributed by atoms with E-state index in [4.69, 9.17) is 10.8 Å². The third-order valence-electron chi connectivity index (χ3n) is 1.44. The first-order valence-corrected chi connectivity index (χ1v) is 3.05. The van der Waals surface area contributed by atoms with Gasteiger partial charge in [-0.3, -0.25) is 4.98 Å². The van der Waals surface area contributed by atoms with Crippen molar-refractivity contribution in [1.29, 1.82) is 0 Å². The van der Waals surface area contributed by atoms with Crippen LogP contribution in [0.15, 0.2) is 18.6 Å². The van der Waals surface area contributed by atoms with Crippen molar-refractivity contribution in [2.45, 2.75) is 0 Å². The summed E-state index contributed by atoms with van der Waals surface area (Å²) in [6.07, 6.45) is 4.52. The van der Waals surface area contributed by atoms with Crippen LogP contribution in [-0.4, -0.2) is 19.5 Å². The largest absolute Gasteiger partial charge is 0.480 e. The molecule has 2 aromatic rings. The van der Waals surface area contributed by atoms with Gasteiger partial charge in [0.15, 0.2) is 0 Å². The third-order valence-corrected chi connectivity index (χ3v) is 1.44. The first-order valence-electron chi connectivity index (χ1n) is 3.05. The fourth-order valence-corrected chi connectivity index (χ4v) is 0.958. The van der Waals surface area contributed by atoms with Gasteiger partial charge in [0.05, 0.1) is 24.1 Å². The zero-order valence-corrected chi connectivity index (χ0v) is 5.60. The van der Waals surface area contributed by atoms with Crippen molar-refractivity contribution in [1.82, 2.24) is 14.4 Å². The van der Waals surface area contributed by atoms with Crippen molar-refractivity contribution >= 4 is 11.3 Å². The second-order valence-electron chi connectivity index (χ2n) is 2.15. The standard InChI is InChI=1S/C6H6N4O/c7-5-3-8-1-4-2-9-6(11)10(4)5/h1-3H,7H2,(H,9,11). The topological polar surface area (TPSA) is 76.4 Å². The molecule has 0 aliphatic rings. The number of nitrogens with zero attached hydrogens (tertiary/aromatic N) is 3. The van der Waals surface area contributed by atoms with E-state index in [-0.39, 0.29) is 6.01 Å². The molecule has 0 fully saturated rings. The minimum absolute atomic E-state index is 0.111. The van der Waals surface area contributed by atoms with E-state index in [2.05, 4.69) is 9.97 Å². The smallest absolute Gasteiger partial charge is 0.300 e. The van der Waals surface area contributed by atoms with Crippen LogP contribution in [0.2, 0.25) is 0 Å². The highest BCUT2D eigenvalue weighted by Crippen LogP contribution is 2.14. The Balaban J connectivity index is 2.96. The first kappa shape index (κ1) is 5.96. The number of hydrogen-bond donors (Lipinski definition) is 2. The number of nitrogen functional groups attached to an aromatic ring is 1. The van der Waals surface area contributed by atoms with Crippen molar-refractivity contribution in [2.75, 3.05) is 5.73 Å². The first-order chi connectivity index (χ1) is 5.29. The van der Waals surface area contributed by atoms with E-state index < -0.39 is 0 Å². The Kier molecular flexibility index (Phi) is 1.00. The molecule has 0 aliphatic carbocycles. The summed E-state index contributed by atoms with van der Waals surface area (Å²) in [5.74, 6) is 0.373. The molecule has 2 aromatic heterocycles. The molecule has 0 atom stereocenters. The van der Waals surface area contributed by atoms with Crippen molar-refractivity contribution in [3.8, 4) is 6.01 Å². The summed E-state index contributed by atoms with van der Waals surface area (Å²) in [6, 6.07) is -0.111. The van der Waals surface area contributed by atoms with E-state index in [0.717, 1.165) is 0 Å². The number of aromatic nitrogens is 3. The number of anilines is 1. The van der Waals surface area contributed by atoms with E-state index in [1.807, 2.05) is 0 Å². The van der Waals surface area contributed by atoms with Gasteiger partial charge in [-0.15, -0.1) is 0 Å². The molecule has 5 heteroatoms. The van der Waals surface area contributed by atoms with E-state index in [1.165, 1.54) is 16.8 Å². The second kappa shape index (κ2) is 1.85. The zero-order chi connectivity index (χ0) is 7.84. The van der Waals surface area contributed by atoms with Crippen LogP contribution in [0.4, 0.5) is 5.82 Å². The Morgan fingerprint density at radius 2 is 2.18 bits per heavy atom. The van der Waals surface area contributed by atoms with Gasteiger partial charge in [0, 0.05) is 0 Å². The molecule has 0 spiro atoms. The molecule has 0 saturated heterocycles. The Morgan fingerprint density at radius 3 is 2.91 bits per heavy atom. The average Bonchev–Trinajstić information content (AvgIpc) is 2.34. The monoisotopic (exact) mass is 150 g/mol. The van der Waals surface area contributed by atoms with Crippen LogP contribution >= 0.6 is 0 Å². The number of nitrogens with two attached hydrogens (primary N) is 1. The van der Waals surface area contributed by atoms with Crippen molar-refractivity contribution in [3.05, 3.63) is 18.6 Å². The van der Waals surface area contributed by atoms with Gasteiger partial charge >= 0.3 is 0 Å². The number of rotatable bonds is 0. The molecule has 56 valence electrons. The molecule has 5 nitrogen and oxygen atoms in total. The zero-order valence-electron chi connectivity index (χ0n) is 5.60. The van der Waals surface area contributed by atoms with E-state index >= 15 is 0 Å². The van der Waals surface area contributed by atoms with E-state index in [9.17, 15) is 0 Å². The lowest BCUT2D eigenvalue weighted by Crippen LogP contribution is -1.96. The molecule has 11 heavy (non-hydrogen) atoms. The third kappa shape index (κ3) is 0.706. The maximum atomic E-state index is 9.14. The molecule has 3 N–H and O–H groups in total. The summed E-state index contributed by atoms with van der Waals surface area (Å²) in [5.41, 5.74) is 6.18.